The smallest absolute Gasteiger partial charge is 0.237 e. The van der Waals surface area contributed by atoms with E-state index in [0.717, 1.165) is 13.0 Å². The number of rotatable bonds is 4. The van der Waals surface area contributed by atoms with Crippen LogP contribution in [0.1, 0.15) is 19.3 Å². The summed E-state index contributed by atoms with van der Waals surface area (Å²) in [7, 11) is 2.07. The molecule has 1 aliphatic rings. The number of nitrogens with zero attached hydrogens (tertiary/aromatic N) is 1. The van der Waals surface area contributed by atoms with Gasteiger partial charge in [0, 0.05) is 19.0 Å². The van der Waals surface area contributed by atoms with E-state index in [4.69, 9.17) is 12.2 Å². The van der Waals surface area contributed by atoms with E-state index in [1.165, 1.54) is 6.42 Å². The van der Waals surface area contributed by atoms with Crippen LogP contribution in [0.15, 0.2) is 0 Å². The van der Waals surface area contributed by atoms with E-state index in [2.05, 4.69) is 23.2 Å². The molecule has 1 rings (SSSR count). The van der Waals surface area contributed by atoms with Crippen LogP contribution in [0.4, 0.5) is 0 Å². The van der Waals surface area contributed by atoms with Gasteiger partial charge in [-0.2, -0.15) is 0 Å². The predicted molar refractivity (Wildman–Crippen MR) is 60.1 cm³/mol. The van der Waals surface area contributed by atoms with Gasteiger partial charge in [0.25, 0.3) is 0 Å². The SMILES string of the molecule is C#CCC(N)C(=O)NCC1CCCN1C. The Morgan fingerprint density at radius 3 is 3.07 bits per heavy atom. The highest BCUT2D eigenvalue weighted by Gasteiger charge is 2.22. The zero-order chi connectivity index (χ0) is 11.3. The number of nitrogens with two attached hydrogens (primary N) is 1. The third-order valence-corrected chi connectivity index (χ3v) is 2.86. The normalized spacial score (nSPS) is 23.4. The molecular formula is C11H19N3O. The van der Waals surface area contributed by atoms with Crippen molar-refractivity contribution in [2.24, 2.45) is 5.73 Å². The van der Waals surface area contributed by atoms with E-state index in [1.807, 2.05) is 0 Å². The number of hydrogen-bond donors (Lipinski definition) is 2. The Morgan fingerprint density at radius 2 is 2.53 bits per heavy atom. The standard InChI is InChI=1S/C11H19N3O/c1-3-5-10(12)11(15)13-8-9-6-4-7-14(9)2/h1,9-10H,4-8,12H2,2H3,(H,13,15). The number of carbonyl (C=O) groups is 1. The van der Waals surface area contributed by atoms with E-state index in [-0.39, 0.29) is 5.91 Å². The summed E-state index contributed by atoms with van der Waals surface area (Å²) in [6.07, 6.45) is 7.73. The second-order valence-electron chi connectivity index (χ2n) is 4.04. The molecule has 2 atom stereocenters. The van der Waals surface area contributed by atoms with Crippen molar-refractivity contribution in [3.05, 3.63) is 0 Å². The molecule has 0 bridgehead atoms. The number of likely N-dealkylation sites (N-methyl/N-ethyl adjacent to an activating group) is 1. The van der Waals surface area contributed by atoms with Crippen LogP contribution in [0.2, 0.25) is 0 Å². The van der Waals surface area contributed by atoms with Crippen molar-refractivity contribution in [2.45, 2.75) is 31.3 Å². The zero-order valence-electron chi connectivity index (χ0n) is 9.20. The summed E-state index contributed by atoms with van der Waals surface area (Å²) >= 11 is 0. The molecule has 1 aliphatic heterocycles. The summed E-state index contributed by atoms with van der Waals surface area (Å²) in [5, 5.41) is 2.84. The topological polar surface area (TPSA) is 58.4 Å². The number of likely N-dealkylation sites (tertiary alicyclic amines) is 1. The lowest BCUT2D eigenvalue weighted by Gasteiger charge is -2.20. The molecule has 3 N–H and O–H groups in total. The van der Waals surface area contributed by atoms with E-state index in [0.29, 0.717) is 19.0 Å². The van der Waals surface area contributed by atoms with Crippen molar-refractivity contribution < 1.29 is 4.79 Å². The lowest BCUT2D eigenvalue weighted by atomic mass is 10.2. The number of hydrogen-bond acceptors (Lipinski definition) is 3. The third-order valence-electron chi connectivity index (χ3n) is 2.86. The van der Waals surface area contributed by atoms with Crippen molar-refractivity contribution in [2.75, 3.05) is 20.1 Å². The molecule has 15 heavy (non-hydrogen) atoms. The summed E-state index contributed by atoms with van der Waals surface area (Å²) < 4.78 is 0. The van der Waals surface area contributed by atoms with Crippen molar-refractivity contribution in [1.29, 1.82) is 0 Å². The van der Waals surface area contributed by atoms with Gasteiger partial charge in [0.15, 0.2) is 0 Å². The zero-order valence-corrected chi connectivity index (χ0v) is 9.20. The summed E-state index contributed by atoms with van der Waals surface area (Å²) in [6, 6.07) is -0.117. The van der Waals surface area contributed by atoms with Crippen LogP contribution < -0.4 is 11.1 Å². The van der Waals surface area contributed by atoms with Crippen LogP contribution in [0, 0.1) is 12.3 Å². The minimum absolute atomic E-state index is 0.145. The van der Waals surface area contributed by atoms with E-state index in [9.17, 15) is 4.79 Å². The molecule has 1 saturated heterocycles. The Hall–Kier alpha value is -1.05. The molecule has 0 aliphatic carbocycles. The molecule has 0 radical (unpaired) electrons. The molecule has 4 nitrogen and oxygen atoms in total. The fourth-order valence-electron chi connectivity index (χ4n) is 1.81. The van der Waals surface area contributed by atoms with Crippen LogP contribution in [-0.2, 0) is 4.79 Å². The fraction of sp³-hybridized carbons (Fsp3) is 0.727. The van der Waals surface area contributed by atoms with Gasteiger partial charge >= 0.3 is 0 Å². The monoisotopic (exact) mass is 209 g/mol. The number of nitrogens with one attached hydrogen (secondary N) is 1. The largest absolute Gasteiger partial charge is 0.353 e. The Kier molecular flexibility index (Phi) is 4.60. The Bertz CT molecular complexity index is 259. The fourth-order valence-corrected chi connectivity index (χ4v) is 1.81. The molecule has 1 amide bonds. The van der Waals surface area contributed by atoms with Crippen molar-refractivity contribution in [3.63, 3.8) is 0 Å². The maximum atomic E-state index is 11.4. The van der Waals surface area contributed by atoms with Gasteiger partial charge in [0.2, 0.25) is 5.91 Å². The first-order valence-electron chi connectivity index (χ1n) is 5.32. The molecule has 0 aromatic carbocycles. The highest BCUT2D eigenvalue weighted by Crippen LogP contribution is 2.13. The quantitative estimate of drug-likeness (QED) is 0.616. The number of amides is 1. The summed E-state index contributed by atoms with van der Waals surface area (Å²) in [5.41, 5.74) is 5.58. The Morgan fingerprint density at radius 1 is 1.80 bits per heavy atom. The second kappa shape index (κ2) is 5.74. The average Bonchev–Trinajstić information content (AvgIpc) is 2.61. The van der Waals surface area contributed by atoms with Crippen molar-refractivity contribution in [1.82, 2.24) is 10.2 Å². The molecule has 84 valence electrons. The molecule has 1 heterocycles. The Balaban J connectivity index is 2.25. The lowest BCUT2D eigenvalue weighted by molar-refractivity contribution is -0.122. The van der Waals surface area contributed by atoms with E-state index < -0.39 is 6.04 Å². The van der Waals surface area contributed by atoms with Gasteiger partial charge in [-0.3, -0.25) is 4.79 Å². The summed E-state index contributed by atoms with van der Waals surface area (Å²) in [5.74, 6) is 2.24. The Labute approximate surface area is 91.2 Å². The van der Waals surface area contributed by atoms with Crippen molar-refractivity contribution in [3.8, 4) is 12.3 Å². The van der Waals surface area contributed by atoms with Gasteiger partial charge < -0.3 is 16.0 Å². The minimum Gasteiger partial charge on any atom is -0.353 e. The van der Waals surface area contributed by atoms with Gasteiger partial charge in [-0.15, -0.1) is 12.3 Å². The molecule has 0 spiro atoms. The van der Waals surface area contributed by atoms with Crippen molar-refractivity contribution >= 4 is 5.91 Å². The molecule has 0 aromatic rings. The van der Waals surface area contributed by atoms with Gasteiger partial charge in [0.1, 0.15) is 0 Å². The highest BCUT2D eigenvalue weighted by molar-refractivity contribution is 5.81. The third kappa shape index (κ3) is 3.54. The van der Waals surface area contributed by atoms with Gasteiger partial charge in [-0.1, -0.05) is 0 Å². The van der Waals surface area contributed by atoms with Crippen LogP contribution in [0.5, 0.6) is 0 Å². The van der Waals surface area contributed by atoms with Gasteiger partial charge in [-0.05, 0) is 26.4 Å². The maximum absolute atomic E-state index is 11.4. The average molecular weight is 209 g/mol. The van der Waals surface area contributed by atoms with Crippen LogP contribution in [0.3, 0.4) is 0 Å². The second-order valence-corrected chi connectivity index (χ2v) is 4.04. The van der Waals surface area contributed by atoms with Crippen LogP contribution in [0.25, 0.3) is 0 Å². The van der Waals surface area contributed by atoms with Gasteiger partial charge in [0.05, 0.1) is 6.04 Å². The molecule has 0 aromatic heterocycles. The lowest BCUT2D eigenvalue weighted by Crippen LogP contribution is -2.45. The molecule has 1 fully saturated rings. The first-order chi connectivity index (χ1) is 7.15. The molecule has 0 saturated carbocycles. The highest BCUT2D eigenvalue weighted by atomic mass is 16.2. The first kappa shape index (κ1) is 12.0. The minimum atomic E-state index is -0.568. The molecule has 4 heteroatoms. The van der Waals surface area contributed by atoms with Crippen LogP contribution in [-0.4, -0.2) is 43.0 Å². The van der Waals surface area contributed by atoms with E-state index in [1.54, 1.807) is 0 Å². The summed E-state index contributed by atoms with van der Waals surface area (Å²) in [4.78, 5) is 13.7. The summed E-state index contributed by atoms with van der Waals surface area (Å²) in [6.45, 7) is 1.78. The molecule has 2 unspecified atom stereocenters. The predicted octanol–water partition coefficient (Wildman–Crippen LogP) is -0.453. The first-order valence-corrected chi connectivity index (χ1v) is 5.32. The number of terminal acetylenes is 1. The van der Waals surface area contributed by atoms with Crippen LogP contribution >= 0.6 is 0 Å². The molecular weight excluding hydrogens is 190 g/mol. The van der Waals surface area contributed by atoms with E-state index >= 15 is 0 Å². The number of carbonyl (C=O) groups excluding carboxylic acids is 1. The van der Waals surface area contributed by atoms with Gasteiger partial charge in [-0.25, -0.2) is 0 Å². The maximum Gasteiger partial charge on any atom is 0.237 e.